The number of carbonyl (C=O) groups is 1. The standard InChI is InChI=1S/C18H22O2/c1-3-5-7-12-17(15-18(19)20-4-2)14-13-16-10-8-6-9-11-16/h6,8-11,15H,3-5,7,12H2,1-2H3/b17-15-. The minimum Gasteiger partial charge on any atom is -0.463 e. The second kappa shape index (κ2) is 9.86. The molecule has 2 heteroatoms. The highest BCUT2D eigenvalue weighted by Crippen LogP contribution is 2.09. The Morgan fingerprint density at radius 1 is 1.20 bits per heavy atom. The lowest BCUT2D eigenvalue weighted by molar-refractivity contribution is -0.137. The summed E-state index contributed by atoms with van der Waals surface area (Å²) in [7, 11) is 0. The molecular formula is C18H22O2. The highest BCUT2D eigenvalue weighted by molar-refractivity contribution is 5.83. The Hall–Kier alpha value is -2.01. The molecule has 0 amide bonds. The Labute approximate surface area is 121 Å². The van der Waals surface area contributed by atoms with Gasteiger partial charge in [0.15, 0.2) is 0 Å². The summed E-state index contributed by atoms with van der Waals surface area (Å²) in [5.41, 5.74) is 1.80. The largest absolute Gasteiger partial charge is 0.463 e. The van der Waals surface area contributed by atoms with Gasteiger partial charge in [-0.15, -0.1) is 0 Å². The highest BCUT2D eigenvalue weighted by atomic mass is 16.5. The topological polar surface area (TPSA) is 26.3 Å². The summed E-state index contributed by atoms with van der Waals surface area (Å²) in [6.07, 6.45) is 5.69. The van der Waals surface area contributed by atoms with E-state index in [4.69, 9.17) is 4.74 Å². The summed E-state index contributed by atoms with van der Waals surface area (Å²) in [6, 6.07) is 9.79. The third-order valence-electron chi connectivity index (χ3n) is 2.77. The van der Waals surface area contributed by atoms with Gasteiger partial charge in [-0.2, -0.15) is 0 Å². The van der Waals surface area contributed by atoms with Crippen molar-refractivity contribution in [3.8, 4) is 11.8 Å². The first-order valence-electron chi connectivity index (χ1n) is 7.20. The van der Waals surface area contributed by atoms with Crippen molar-refractivity contribution in [2.24, 2.45) is 0 Å². The van der Waals surface area contributed by atoms with Crippen LogP contribution in [0.25, 0.3) is 0 Å². The third-order valence-corrected chi connectivity index (χ3v) is 2.77. The van der Waals surface area contributed by atoms with E-state index in [2.05, 4.69) is 18.8 Å². The normalized spacial score (nSPS) is 10.6. The Kier molecular flexibility index (Phi) is 7.91. The first-order chi connectivity index (χ1) is 9.76. The van der Waals surface area contributed by atoms with Crippen LogP contribution in [0.3, 0.4) is 0 Å². The Balaban J connectivity index is 2.77. The first-order valence-corrected chi connectivity index (χ1v) is 7.20. The summed E-state index contributed by atoms with van der Waals surface area (Å²) in [5.74, 6) is 5.88. The molecule has 0 unspecified atom stereocenters. The van der Waals surface area contributed by atoms with E-state index in [0.717, 1.165) is 36.8 Å². The maximum atomic E-state index is 11.5. The van der Waals surface area contributed by atoms with Crippen molar-refractivity contribution in [1.82, 2.24) is 0 Å². The van der Waals surface area contributed by atoms with Crippen LogP contribution in [-0.4, -0.2) is 12.6 Å². The Morgan fingerprint density at radius 3 is 2.60 bits per heavy atom. The first kappa shape index (κ1) is 16.0. The molecule has 0 aliphatic heterocycles. The number of esters is 1. The number of carbonyl (C=O) groups excluding carboxylic acids is 1. The molecular weight excluding hydrogens is 248 g/mol. The van der Waals surface area contributed by atoms with Gasteiger partial charge in [0.05, 0.1) is 6.61 Å². The summed E-state index contributed by atoms with van der Waals surface area (Å²) >= 11 is 0. The quantitative estimate of drug-likeness (QED) is 0.336. The van der Waals surface area contributed by atoms with Gasteiger partial charge in [-0.05, 0) is 31.9 Å². The average molecular weight is 270 g/mol. The summed E-state index contributed by atoms with van der Waals surface area (Å²) < 4.78 is 4.95. The Bertz CT molecular complexity index is 489. The molecule has 0 aliphatic rings. The molecule has 0 bridgehead atoms. The molecule has 0 heterocycles. The molecule has 1 rings (SSSR count). The molecule has 106 valence electrons. The minimum atomic E-state index is -0.304. The zero-order valence-electron chi connectivity index (χ0n) is 12.3. The van der Waals surface area contributed by atoms with Gasteiger partial charge < -0.3 is 4.74 Å². The van der Waals surface area contributed by atoms with Crippen LogP contribution in [0.4, 0.5) is 0 Å². The van der Waals surface area contributed by atoms with E-state index in [-0.39, 0.29) is 5.97 Å². The highest BCUT2D eigenvalue weighted by Gasteiger charge is 2.00. The molecule has 2 nitrogen and oxygen atoms in total. The molecule has 0 spiro atoms. The van der Waals surface area contributed by atoms with Crippen molar-refractivity contribution < 1.29 is 9.53 Å². The van der Waals surface area contributed by atoms with Crippen LogP contribution < -0.4 is 0 Å². The van der Waals surface area contributed by atoms with Crippen LogP contribution in [0.5, 0.6) is 0 Å². The van der Waals surface area contributed by atoms with Gasteiger partial charge in [0.25, 0.3) is 0 Å². The van der Waals surface area contributed by atoms with Crippen LogP contribution in [0.15, 0.2) is 42.0 Å². The smallest absolute Gasteiger partial charge is 0.331 e. The maximum Gasteiger partial charge on any atom is 0.331 e. The fourth-order valence-corrected chi connectivity index (χ4v) is 1.74. The number of hydrogen-bond acceptors (Lipinski definition) is 2. The van der Waals surface area contributed by atoms with Gasteiger partial charge in [-0.25, -0.2) is 4.79 Å². The van der Waals surface area contributed by atoms with E-state index in [9.17, 15) is 4.79 Å². The van der Waals surface area contributed by atoms with E-state index < -0.39 is 0 Å². The summed E-state index contributed by atoms with van der Waals surface area (Å²) in [6.45, 7) is 4.35. The molecule has 1 aromatic carbocycles. The number of benzene rings is 1. The number of allylic oxidation sites excluding steroid dienone is 1. The maximum absolute atomic E-state index is 11.5. The van der Waals surface area contributed by atoms with Crippen molar-refractivity contribution in [2.45, 2.75) is 39.5 Å². The van der Waals surface area contributed by atoms with Crippen LogP contribution in [-0.2, 0) is 9.53 Å². The molecule has 0 aliphatic carbocycles. The van der Waals surface area contributed by atoms with Crippen molar-refractivity contribution in [2.75, 3.05) is 6.61 Å². The molecule has 0 fully saturated rings. The lowest BCUT2D eigenvalue weighted by Gasteiger charge is -2.00. The van der Waals surface area contributed by atoms with Crippen molar-refractivity contribution in [3.63, 3.8) is 0 Å². The van der Waals surface area contributed by atoms with Gasteiger partial charge in [0, 0.05) is 17.2 Å². The number of ether oxygens (including phenoxy) is 1. The molecule has 0 atom stereocenters. The number of unbranched alkanes of at least 4 members (excludes halogenated alkanes) is 2. The molecule has 0 saturated carbocycles. The van der Waals surface area contributed by atoms with Crippen LogP contribution in [0.1, 0.15) is 45.1 Å². The molecule has 20 heavy (non-hydrogen) atoms. The van der Waals surface area contributed by atoms with Gasteiger partial charge in [-0.1, -0.05) is 49.8 Å². The van der Waals surface area contributed by atoms with Gasteiger partial charge >= 0.3 is 5.97 Å². The van der Waals surface area contributed by atoms with E-state index >= 15 is 0 Å². The van der Waals surface area contributed by atoms with Gasteiger partial charge in [-0.3, -0.25) is 0 Å². The van der Waals surface area contributed by atoms with E-state index in [1.807, 2.05) is 30.3 Å². The molecule has 0 N–H and O–H groups in total. The zero-order chi connectivity index (χ0) is 14.6. The van der Waals surface area contributed by atoms with Crippen LogP contribution >= 0.6 is 0 Å². The lowest BCUT2D eigenvalue weighted by atomic mass is 10.1. The SMILES string of the molecule is CCCCC/C(C#Cc1ccccc1)=C/C(=O)OCC. The summed E-state index contributed by atoms with van der Waals surface area (Å²) in [4.78, 5) is 11.5. The van der Waals surface area contributed by atoms with E-state index in [1.54, 1.807) is 6.92 Å². The van der Waals surface area contributed by atoms with Crippen LogP contribution in [0, 0.1) is 11.8 Å². The number of hydrogen-bond donors (Lipinski definition) is 0. The van der Waals surface area contributed by atoms with Crippen LogP contribution in [0.2, 0.25) is 0 Å². The molecule has 0 aromatic heterocycles. The van der Waals surface area contributed by atoms with Crippen molar-refractivity contribution >= 4 is 5.97 Å². The second-order valence-electron chi connectivity index (χ2n) is 4.49. The second-order valence-corrected chi connectivity index (χ2v) is 4.49. The van der Waals surface area contributed by atoms with Gasteiger partial charge in [0.1, 0.15) is 0 Å². The predicted octanol–water partition coefficient (Wildman–Crippen LogP) is 4.11. The van der Waals surface area contributed by atoms with E-state index in [0.29, 0.717) is 6.61 Å². The zero-order valence-corrected chi connectivity index (χ0v) is 12.3. The summed E-state index contributed by atoms with van der Waals surface area (Å²) in [5, 5.41) is 0. The Morgan fingerprint density at radius 2 is 1.95 bits per heavy atom. The third kappa shape index (κ3) is 6.80. The fraction of sp³-hybridized carbons (Fsp3) is 0.389. The molecule has 1 aromatic rings. The number of rotatable bonds is 6. The van der Waals surface area contributed by atoms with E-state index in [1.165, 1.54) is 6.08 Å². The lowest BCUT2D eigenvalue weighted by Crippen LogP contribution is -2.01. The predicted molar refractivity (Wildman–Crippen MR) is 82.2 cm³/mol. The monoisotopic (exact) mass is 270 g/mol. The minimum absolute atomic E-state index is 0.304. The van der Waals surface area contributed by atoms with Crippen molar-refractivity contribution in [3.05, 3.63) is 47.5 Å². The molecule has 0 saturated heterocycles. The van der Waals surface area contributed by atoms with Crippen molar-refractivity contribution in [1.29, 1.82) is 0 Å². The van der Waals surface area contributed by atoms with Gasteiger partial charge in [0.2, 0.25) is 0 Å². The fourth-order valence-electron chi connectivity index (χ4n) is 1.74. The average Bonchev–Trinajstić information content (AvgIpc) is 2.46. The molecule has 0 radical (unpaired) electrons.